The van der Waals surface area contributed by atoms with Gasteiger partial charge in [-0.25, -0.2) is 0 Å². The first kappa shape index (κ1) is 12.0. The van der Waals surface area contributed by atoms with Crippen molar-refractivity contribution in [3.05, 3.63) is 29.0 Å². The zero-order valence-electron chi connectivity index (χ0n) is 8.91. The molecule has 1 aromatic carbocycles. The first-order valence-electron chi connectivity index (χ1n) is 4.78. The van der Waals surface area contributed by atoms with Crippen LogP contribution >= 0.6 is 12.4 Å². The molecule has 0 atom stereocenters. The second kappa shape index (κ2) is 4.64. The number of aromatic nitrogens is 1. The van der Waals surface area contributed by atoms with Gasteiger partial charge in [-0.05, 0) is 37.6 Å². The van der Waals surface area contributed by atoms with Crippen LogP contribution in [0.4, 0.5) is 0 Å². The molecule has 0 aliphatic heterocycles. The number of aryl methyl sites for hydroxylation is 2. The quantitative estimate of drug-likeness (QED) is 0.856. The third kappa shape index (κ3) is 2.13. The summed E-state index contributed by atoms with van der Waals surface area (Å²) in [5, 5.41) is 5.14. The summed E-state index contributed by atoms with van der Waals surface area (Å²) in [6, 6.07) is 4.20. The van der Waals surface area contributed by atoms with Crippen LogP contribution in [0.15, 0.2) is 16.7 Å². The number of hydrogen-bond donors (Lipinski definition) is 1. The molecule has 0 unspecified atom stereocenters. The summed E-state index contributed by atoms with van der Waals surface area (Å²) in [4.78, 5) is 0. The van der Waals surface area contributed by atoms with Gasteiger partial charge in [-0.2, -0.15) is 0 Å². The summed E-state index contributed by atoms with van der Waals surface area (Å²) in [7, 11) is 0. The topological polar surface area (TPSA) is 52.0 Å². The molecule has 0 saturated carbocycles. The van der Waals surface area contributed by atoms with Crippen LogP contribution in [0.3, 0.4) is 0 Å². The highest BCUT2D eigenvalue weighted by atomic mass is 35.5. The van der Waals surface area contributed by atoms with Crippen LogP contribution < -0.4 is 5.73 Å². The van der Waals surface area contributed by atoms with E-state index in [4.69, 9.17) is 10.3 Å². The highest BCUT2D eigenvalue weighted by Crippen LogP contribution is 2.23. The molecule has 0 saturated heterocycles. The average Bonchev–Trinajstić information content (AvgIpc) is 2.49. The molecule has 2 rings (SSSR count). The molecule has 3 nitrogen and oxygen atoms in total. The molecule has 2 N–H and O–H groups in total. The van der Waals surface area contributed by atoms with Crippen molar-refractivity contribution in [3.8, 4) is 0 Å². The second-order valence-electron chi connectivity index (χ2n) is 3.63. The molecule has 82 valence electrons. The number of hydrogen-bond acceptors (Lipinski definition) is 3. The van der Waals surface area contributed by atoms with Crippen molar-refractivity contribution < 1.29 is 4.52 Å². The molecule has 0 fully saturated rings. The van der Waals surface area contributed by atoms with E-state index in [1.165, 1.54) is 5.56 Å². The van der Waals surface area contributed by atoms with Crippen molar-refractivity contribution in [2.45, 2.75) is 20.3 Å². The van der Waals surface area contributed by atoms with Gasteiger partial charge in [0, 0.05) is 11.8 Å². The Labute approximate surface area is 95.0 Å². The summed E-state index contributed by atoms with van der Waals surface area (Å²) in [5.41, 5.74) is 9.73. The van der Waals surface area contributed by atoms with Crippen LogP contribution in [-0.4, -0.2) is 11.7 Å². The summed E-state index contributed by atoms with van der Waals surface area (Å²) in [5.74, 6) is 0. The fraction of sp³-hybridized carbons (Fsp3) is 0.364. The van der Waals surface area contributed by atoms with E-state index in [1.54, 1.807) is 0 Å². The monoisotopic (exact) mass is 226 g/mol. The third-order valence-electron chi connectivity index (χ3n) is 2.36. The van der Waals surface area contributed by atoms with Crippen LogP contribution in [0.1, 0.15) is 16.8 Å². The van der Waals surface area contributed by atoms with Gasteiger partial charge in [0.1, 0.15) is 0 Å². The van der Waals surface area contributed by atoms with Crippen molar-refractivity contribution in [2.24, 2.45) is 5.73 Å². The molecule has 0 bridgehead atoms. The summed E-state index contributed by atoms with van der Waals surface area (Å²) in [6.07, 6.45) is 0.774. The highest BCUT2D eigenvalue weighted by Gasteiger charge is 2.09. The van der Waals surface area contributed by atoms with E-state index < -0.39 is 0 Å². The number of rotatable bonds is 2. The fourth-order valence-electron chi connectivity index (χ4n) is 1.76. The SMILES string of the molecule is Cc1cc(C)c2onc(CCN)c2c1.Cl. The zero-order chi connectivity index (χ0) is 10.1. The van der Waals surface area contributed by atoms with Crippen molar-refractivity contribution in [3.63, 3.8) is 0 Å². The predicted molar refractivity (Wildman–Crippen MR) is 63.5 cm³/mol. The second-order valence-corrected chi connectivity index (χ2v) is 3.63. The highest BCUT2D eigenvalue weighted by molar-refractivity contribution is 5.85. The van der Waals surface area contributed by atoms with Gasteiger partial charge >= 0.3 is 0 Å². The molecule has 15 heavy (non-hydrogen) atoms. The Balaban J connectivity index is 0.00000112. The Morgan fingerprint density at radius 2 is 2.07 bits per heavy atom. The van der Waals surface area contributed by atoms with E-state index >= 15 is 0 Å². The Hall–Kier alpha value is -1.06. The maximum Gasteiger partial charge on any atom is 0.170 e. The zero-order valence-corrected chi connectivity index (χ0v) is 9.73. The lowest BCUT2D eigenvalue weighted by Gasteiger charge is -1.97. The smallest absolute Gasteiger partial charge is 0.170 e. The minimum Gasteiger partial charge on any atom is -0.356 e. The van der Waals surface area contributed by atoms with Gasteiger partial charge in [0.25, 0.3) is 0 Å². The normalized spacial score (nSPS) is 10.3. The number of benzene rings is 1. The third-order valence-corrected chi connectivity index (χ3v) is 2.36. The van der Waals surface area contributed by atoms with Crippen LogP contribution in [-0.2, 0) is 6.42 Å². The molecule has 2 aromatic rings. The Bertz CT molecular complexity index is 465. The molecule has 0 spiro atoms. The van der Waals surface area contributed by atoms with Gasteiger partial charge in [-0.15, -0.1) is 12.4 Å². The van der Waals surface area contributed by atoms with Gasteiger partial charge < -0.3 is 10.3 Å². The molecule has 1 aromatic heterocycles. The van der Waals surface area contributed by atoms with Gasteiger partial charge in [0.05, 0.1) is 5.69 Å². The number of nitrogens with zero attached hydrogens (tertiary/aromatic N) is 1. The maximum absolute atomic E-state index is 5.51. The summed E-state index contributed by atoms with van der Waals surface area (Å²) < 4.78 is 5.28. The number of fused-ring (bicyclic) bond motifs is 1. The first-order chi connectivity index (χ1) is 6.72. The predicted octanol–water partition coefficient (Wildman–Crippen LogP) is 2.37. The van der Waals surface area contributed by atoms with E-state index in [-0.39, 0.29) is 12.4 Å². The first-order valence-corrected chi connectivity index (χ1v) is 4.78. The molecule has 4 heteroatoms. The fourth-order valence-corrected chi connectivity index (χ4v) is 1.76. The molecule has 0 amide bonds. The molecular weight excluding hydrogens is 212 g/mol. The minimum absolute atomic E-state index is 0. The largest absolute Gasteiger partial charge is 0.356 e. The van der Waals surface area contributed by atoms with E-state index in [2.05, 4.69) is 24.2 Å². The Kier molecular flexibility index (Phi) is 3.72. The Morgan fingerprint density at radius 1 is 1.33 bits per heavy atom. The molecular formula is C11H15ClN2O. The lowest BCUT2D eigenvalue weighted by molar-refractivity contribution is 0.445. The van der Waals surface area contributed by atoms with E-state index in [0.29, 0.717) is 6.54 Å². The molecule has 0 radical (unpaired) electrons. The van der Waals surface area contributed by atoms with Gasteiger partial charge in [0.15, 0.2) is 5.58 Å². The van der Waals surface area contributed by atoms with Gasteiger partial charge in [-0.1, -0.05) is 11.2 Å². The van der Waals surface area contributed by atoms with Crippen molar-refractivity contribution in [1.29, 1.82) is 0 Å². The van der Waals surface area contributed by atoms with Crippen molar-refractivity contribution in [2.75, 3.05) is 6.54 Å². The van der Waals surface area contributed by atoms with Crippen molar-refractivity contribution in [1.82, 2.24) is 5.16 Å². The standard InChI is InChI=1S/C11H14N2O.ClH/c1-7-5-8(2)11-9(6-7)10(3-4-12)13-14-11;/h5-6H,3-4,12H2,1-2H3;1H. The summed E-state index contributed by atoms with van der Waals surface area (Å²) >= 11 is 0. The minimum atomic E-state index is 0. The van der Waals surface area contributed by atoms with Gasteiger partial charge in [-0.3, -0.25) is 0 Å². The summed E-state index contributed by atoms with van der Waals surface area (Å²) in [6.45, 7) is 4.72. The van der Waals surface area contributed by atoms with E-state index in [9.17, 15) is 0 Å². The lowest BCUT2D eigenvalue weighted by Crippen LogP contribution is -2.02. The lowest BCUT2D eigenvalue weighted by atomic mass is 10.1. The van der Waals surface area contributed by atoms with E-state index in [0.717, 1.165) is 28.6 Å². The van der Waals surface area contributed by atoms with Crippen LogP contribution in [0.2, 0.25) is 0 Å². The number of halogens is 1. The molecule has 0 aliphatic rings. The van der Waals surface area contributed by atoms with Crippen molar-refractivity contribution >= 4 is 23.4 Å². The average molecular weight is 227 g/mol. The molecule has 1 heterocycles. The van der Waals surface area contributed by atoms with Crippen LogP contribution in [0, 0.1) is 13.8 Å². The van der Waals surface area contributed by atoms with Crippen LogP contribution in [0.25, 0.3) is 11.0 Å². The van der Waals surface area contributed by atoms with E-state index in [1.807, 2.05) is 6.92 Å². The number of nitrogens with two attached hydrogens (primary N) is 1. The van der Waals surface area contributed by atoms with Crippen LogP contribution in [0.5, 0.6) is 0 Å². The van der Waals surface area contributed by atoms with Gasteiger partial charge in [0.2, 0.25) is 0 Å². The Morgan fingerprint density at radius 3 is 2.73 bits per heavy atom. The molecule has 0 aliphatic carbocycles. The maximum atomic E-state index is 5.51.